The van der Waals surface area contributed by atoms with Crippen LogP contribution in [-0.2, 0) is 14.3 Å². The number of allylic oxidation sites excluding steroid dienone is 4. The van der Waals surface area contributed by atoms with Crippen molar-refractivity contribution in [2.75, 3.05) is 6.61 Å². The third-order valence-corrected chi connectivity index (χ3v) is 11.6. The SMILES string of the molecule is CCCCCCCCC/C=C/C=C/CCCC(CC(=O)NC(CO)C(O)CCCCCCCCCCCCCCCCC)OC(=O)CCCCCCCCCCC. The Labute approximate surface area is 354 Å². The predicted octanol–water partition coefficient (Wildman–Crippen LogP) is 14.7. The van der Waals surface area contributed by atoms with Gasteiger partial charge in [-0.25, -0.2) is 0 Å². The molecule has 0 bridgehead atoms. The van der Waals surface area contributed by atoms with E-state index < -0.39 is 18.2 Å². The van der Waals surface area contributed by atoms with Crippen LogP contribution in [0.15, 0.2) is 24.3 Å². The number of amides is 1. The van der Waals surface area contributed by atoms with Crippen molar-refractivity contribution in [1.82, 2.24) is 5.32 Å². The Balaban J connectivity index is 4.56. The molecule has 0 heterocycles. The summed E-state index contributed by atoms with van der Waals surface area (Å²) in [4.78, 5) is 26.0. The van der Waals surface area contributed by atoms with Crippen molar-refractivity contribution in [3.05, 3.63) is 24.3 Å². The fourth-order valence-electron chi connectivity index (χ4n) is 7.72. The molecule has 3 unspecified atom stereocenters. The van der Waals surface area contributed by atoms with Crippen LogP contribution in [-0.4, -0.2) is 46.9 Å². The number of unbranched alkanes of at least 4 members (excludes halogenated alkanes) is 30. The van der Waals surface area contributed by atoms with Crippen LogP contribution < -0.4 is 5.32 Å². The van der Waals surface area contributed by atoms with Crippen molar-refractivity contribution < 1.29 is 24.5 Å². The van der Waals surface area contributed by atoms with E-state index in [4.69, 9.17) is 4.74 Å². The zero-order valence-corrected chi connectivity index (χ0v) is 38.2. The number of hydrogen-bond donors (Lipinski definition) is 3. The van der Waals surface area contributed by atoms with E-state index in [0.717, 1.165) is 57.8 Å². The van der Waals surface area contributed by atoms with Crippen molar-refractivity contribution in [2.24, 2.45) is 0 Å². The van der Waals surface area contributed by atoms with Crippen LogP contribution >= 0.6 is 0 Å². The highest BCUT2D eigenvalue weighted by molar-refractivity contribution is 5.77. The van der Waals surface area contributed by atoms with Gasteiger partial charge in [0.15, 0.2) is 0 Å². The molecule has 0 aromatic carbocycles. The second kappa shape index (κ2) is 45.4. The van der Waals surface area contributed by atoms with Crippen molar-refractivity contribution in [2.45, 2.75) is 283 Å². The monoisotopic (exact) mass is 804 g/mol. The summed E-state index contributed by atoms with van der Waals surface area (Å²) in [5, 5.41) is 23.7. The molecule has 57 heavy (non-hydrogen) atoms. The van der Waals surface area contributed by atoms with Gasteiger partial charge in [0.2, 0.25) is 5.91 Å². The van der Waals surface area contributed by atoms with Gasteiger partial charge < -0.3 is 20.3 Å². The Morgan fingerprint density at radius 3 is 1.33 bits per heavy atom. The quantitative estimate of drug-likeness (QED) is 0.0324. The number of nitrogens with one attached hydrogen (secondary N) is 1. The highest BCUT2D eigenvalue weighted by Gasteiger charge is 2.24. The summed E-state index contributed by atoms with van der Waals surface area (Å²) < 4.78 is 5.88. The molecule has 0 fully saturated rings. The van der Waals surface area contributed by atoms with Crippen molar-refractivity contribution >= 4 is 11.9 Å². The Morgan fingerprint density at radius 1 is 0.509 bits per heavy atom. The molecule has 0 spiro atoms. The summed E-state index contributed by atoms with van der Waals surface area (Å²) in [6.07, 6.45) is 51.0. The van der Waals surface area contributed by atoms with Crippen molar-refractivity contribution in [3.8, 4) is 0 Å². The van der Waals surface area contributed by atoms with Gasteiger partial charge >= 0.3 is 5.97 Å². The van der Waals surface area contributed by atoms with E-state index in [0.29, 0.717) is 19.3 Å². The minimum atomic E-state index is -0.794. The number of carbonyl (C=O) groups excluding carboxylic acids is 2. The molecule has 6 nitrogen and oxygen atoms in total. The first-order valence-electron chi connectivity index (χ1n) is 25.1. The molecule has 3 N–H and O–H groups in total. The van der Waals surface area contributed by atoms with E-state index in [-0.39, 0.29) is 24.9 Å². The summed E-state index contributed by atoms with van der Waals surface area (Å²) >= 11 is 0. The van der Waals surface area contributed by atoms with Gasteiger partial charge in [0.1, 0.15) is 6.10 Å². The van der Waals surface area contributed by atoms with Crippen LogP contribution in [0.1, 0.15) is 265 Å². The molecule has 0 aliphatic heterocycles. The van der Waals surface area contributed by atoms with Crippen LogP contribution in [0, 0.1) is 0 Å². The molecule has 0 aromatic heterocycles. The second-order valence-corrected chi connectivity index (χ2v) is 17.3. The molecule has 0 saturated heterocycles. The topological polar surface area (TPSA) is 95.9 Å². The Morgan fingerprint density at radius 2 is 0.895 bits per heavy atom. The number of aliphatic hydroxyl groups is 2. The summed E-state index contributed by atoms with van der Waals surface area (Å²) in [5.41, 5.74) is 0. The highest BCUT2D eigenvalue weighted by atomic mass is 16.5. The lowest BCUT2D eigenvalue weighted by molar-refractivity contribution is -0.151. The zero-order chi connectivity index (χ0) is 41.7. The van der Waals surface area contributed by atoms with Crippen LogP contribution in [0.5, 0.6) is 0 Å². The van der Waals surface area contributed by atoms with E-state index in [9.17, 15) is 19.8 Å². The fourth-order valence-corrected chi connectivity index (χ4v) is 7.72. The lowest BCUT2D eigenvalue weighted by Gasteiger charge is -2.24. The standard InChI is InChI=1S/C51H97NO5/c1-4-7-10-13-16-19-21-23-25-27-29-32-34-37-40-43-49(54)48(46-53)52-50(55)45-47(57-51(56)44-41-38-35-30-18-15-12-9-6-3)42-39-36-33-31-28-26-24-22-20-17-14-11-8-5-2/h26,28,31,33,47-49,53-54H,4-25,27,29-30,32,34-46H2,1-3H3,(H,52,55)/b28-26+,33-31+. The largest absolute Gasteiger partial charge is 0.462 e. The first kappa shape index (κ1) is 55.3. The Hall–Kier alpha value is -1.66. The van der Waals surface area contributed by atoms with Crippen molar-refractivity contribution in [1.29, 1.82) is 0 Å². The molecule has 0 aliphatic rings. The zero-order valence-electron chi connectivity index (χ0n) is 38.2. The molecule has 0 aromatic rings. The van der Waals surface area contributed by atoms with Crippen LogP contribution in [0.2, 0.25) is 0 Å². The molecule has 0 aliphatic carbocycles. The molecular formula is C51H97NO5. The van der Waals surface area contributed by atoms with Gasteiger partial charge in [-0.1, -0.05) is 231 Å². The number of aliphatic hydroxyl groups excluding tert-OH is 2. The van der Waals surface area contributed by atoms with E-state index in [1.165, 1.54) is 161 Å². The summed E-state index contributed by atoms with van der Waals surface area (Å²) in [5.74, 6) is -0.513. The minimum absolute atomic E-state index is 0.0493. The van der Waals surface area contributed by atoms with Gasteiger partial charge in [-0.3, -0.25) is 9.59 Å². The fraction of sp³-hybridized carbons (Fsp3) is 0.882. The molecule has 0 radical (unpaired) electrons. The summed E-state index contributed by atoms with van der Waals surface area (Å²) in [6.45, 7) is 6.46. The Bertz CT molecular complexity index is 904. The molecule has 0 rings (SSSR count). The van der Waals surface area contributed by atoms with Crippen molar-refractivity contribution in [3.63, 3.8) is 0 Å². The Kier molecular flexibility index (Phi) is 44.1. The maximum atomic E-state index is 13.1. The number of carbonyl (C=O) groups is 2. The lowest BCUT2D eigenvalue weighted by atomic mass is 10.0. The predicted molar refractivity (Wildman–Crippen MR) is 246 cm³/mol. The number of ether oxygens (including phenoxy) is 1. The molecule has 0 saturated carbocycles. The van der Waals surface area contributed by atoms with Crippen LogP contribution in [0.3, 0.4) is 0 Å². The van der Waals surface area contributed by atoms with E-state index in [1.54, 1.807) is 0 Å². The third-order valence-electron chi connectivity index (χ3n) is 11.6. The average molecular weight is 804 g/mol. The van der Waals surface area contributed by atoms with E-state index in [1.807, 2.05) is 0 Å². The van der Waals surface area contributed by atoms with Gasteiger partial charge in [-0.15, -0.1) is 0 Å². The van der Waals surface area contributed by atoms with Gasteiger partial charge in [0.05, 0.1) is 25.2 Å². The van der Waals surface area contributed by atoms with Gasteiger partial charge in [0.25, 0.3) is 0 Å². The third kappa shape index (κ3) is 40.9. The lowest BCUT2D eigenvalue weighted by Crippen LogP contribution is -2.46. The van der Waals surface area contributed by atoms with Gasteiger partial charge in [0, 0.05) is 6.42 Å². The molecular weight excluding hydrogens is 707 g/mol. The average Bonchev–Trinajstić information content (AvgIpc) is 3.20. The maximum absolute atomic E-state index is 13.1. The van der Waals surface area contributed by atoms with E-state index in [2.05, 4.69) is 50.4 Å². The van der Waals surface area contributed by atoms with Crippen LogP contribution in [0.25, 0.3) is 0 Å². The second-order valence-electron chi connectivity index (χ2n) is 17.3. The first-order chi connectivity index (χ1) is 28.0. The molecule has 1 amide bonds. The number of rotatable bonds is 45. The smallest absolute Gasteiger partial charge is 0.306 e. The molecule has 336 valence electrons. The van der Waals surface area contributed by atoms with E-state index >= 15 is 0 Å². The first-order valence-corrected chi connectivity index (χ1v) is 25.1. The summed E-state index contributed by atoms with van der Waals surface area (Å²) in [6, 6.07) is -0.710. The maximum Gasteiger partial charge on any atom is 0.306 e. The van der Waals surface area contributed by atoms with Crippen LogP contribution in [0.4, 0.5) is 0 Å². The summed E-state index contributed by atoms with van der Waals surface area (Å²) in [7, 11) is 0. The van der Waals surface area contributed by atoms with Gasteiger partial charge in [-0.05, 0) is 44.9 Å². The number of hydrogen-bond acceptors (Lipinski definition) is 5. The normalized spacial score (nSPS) is 13.4. The minimum Gasteiger partial charge on any atom is -0.462 e. The molecule has 6 heteroatoms. The van der Waals surface area contributed by atoms with Gasteiger partial charge in [-0.2, -0.15) is 0 Å². The highest BCUT2D eigenvalue weighted by Crippen LogP contribution is 2.17. The number of esters is 1. The molecule has 3 atom stereocenters.